The van der Waals surface area contributed by atoms with Crippen LogP contribution in [-0.4, -0.2) is 21.8 Å². The fraction of sp³-hybridized carbons (Fsp3) is 0.846. The molecule has 1 fully saturated rings. The minimum Gasteiger partial charge on any atom is -0.360 e. The van der Waals surface area contributed by atoms with Gasteiger partial charge in [-0.15, -0.1) is 11.6 Å². The Balaban J connectivity index is 1.81. The van der Waals surface area contributed by atoms with Gasteiger partial charge in [-0.3, -0.25) is 0 Å². The number of aromatic nitrogens is 2. The molecule has 1 saturated carbocycles. The Bertz CT molecular complexity index is 356. The van der Waals surface area contributed by atoms with E-state index in [1.54, 1.807) is 0 Å². The highest BCUT2D eigenvalue weighted by Gasteiger charge is 2.24. The van der Waals surface area contributed by atoms with Crippen LogP contribution in [0.4, 0.5) is 5.13 Å². The molecule has 18 heavy (non-hydrogen) atoms. The van der Waals surface area contributed by atoms with Gasteiger partial charge in [0.2, 0.25) is 5.13 Å². The van der Waals surface area contributed by atoms with Crippen molar-refractivity contribution in [2.45, 2.75) is 45.4 Å². The van der Waals surface area contributed by atoms with Crippen LogP contribution in [0.2, 0.25) is 0 Å². The zero-order chi connectivity index (χ0) is 12.8. The molecule has 2 unspecified atom stereocenters. The maximum Gasteiger partial charge on any atom is 0.202 e. The van der Waals surface area contributed by atoms with Gasteiger partial charge in [0.05, 0.1) is 0 Å². The number of nitrogens with zero attached hydrogens (tertiary/aromatic N) is 2. The first-order valence-corrected chi connectivity index (χ1v) is 8.26. The minimum atomic E-state index is 0.677. The number of alkyl halides is 1. The number of anilines is 1. The van der Waals surface area contributed by atoms with Crippen molar-refractivity contribution >= 4 is 28.3 Å². The van der Waals surface area contributed by atoms with Crippen LogP contribution in [0, 0.1) is 11.8 Å². The molecule has 1 aliphatic rings. The molecule has 1 aromatic rings. The third-order valence-corrected chi connectivity index (χ3v) is 4.83. The smallest absolute Gasteiger partial charge is 0.202 e. The Labute approximate surface area is 119 Å². The Kier molecular flexibility index (Phi) is 5.70. The van der Waals surface area contributed by atoms with Crippen molar-refractivity contribution in [3.63, 3.8) is 0 Å². The fourth-order valence-electron chi connectivity index (χ4n) is 2.63. The molecule has 0 amide bonds. The number of rotatable bonds is 6. The third kappa shape index (κ3) is 3.82. The fourth-order valence-corrected chi connectivity index (χ4v) is 3.65. The van der Waals surface area contributed by atoms with Crippen LogP contribution in [-0.2, 0) is 6.42 Å². The lowest BCUT2D eigenvalue weighted by Crippen LogP contribution is -2.27. The van der Waals surface area contributed by atoms with Crippen molar-refractivity contribution in [1.82, 2.24) is 9.36 Å². The molecule has 1 aromatic heterocycles. The van der Waals surface area contributed by atoms with Crippen molar-refractivity contribution in [3.05, 3.63) is 5.82 Å². The van der Waals surface area contributed by atoms with Crippen molar-refractivity contribution in [2.75, 3.05) is 17.7 Å². The molecule has 0 spiro atoms. The molecule has 2 rings (SSSR count). The first-order valence-electron chi connectivity index (χ1n) is 6.96. The number of hydrogen-bond acceptors (Lipinski definition) is 4. The summed E-state index contributed by atoms with van der Waals surface area (Å²) in [4.78, 5) is 4.50. The normalized spacial score (nSPS) is 24.1. The first-order chi connectivity index (χ1) is 8.83. The third-order valence-electron chi connectivity index (χ3n) is 3.72. The van der Waals surface area contributed by atoms with Crippen molar-refractivity contribution < 1.29 is 0 Å². The van der Waals surface area contributed by atoms with Crippen LogP contribution >= 0.6 is 23.1 Å². The molecule has 1 aliphatic carbocycles. The Morgan fingerprint density at radius 1 is 1.33 bits per heavy atom. The highest BCUT2D eigenvalue weighted by Crippen LogP contribution is 2.31. The van der Waals surface area contributed by atoms with E-state index in [4.69, 9.17) is 11.6 Å². The van der Waals surface area contributed by atoms with Gasteiger partial charge in [0.15, 0.2) is 0 Å². The monoisotopic (exact) mass is 287 g/mol. The average Bonchev–Trinajstić information content (AvgIpc) is 2.85. The summed E-state index contributed by atoms with van der Waals surface area (Å²) in [6, 6.07) is 0. The lowest BCUT2D eigenvalue weighted by molar-refractivity contribution is 0.272. The summed E-state index contributed by atoms with van der Waals surface area (Å²) in [6.45, 7) is 3.15. The van der Waals surface area contributed by atoms with Gasteiger partial charge in [0.25, 0.3) is 0 Å². The molecule has 0 aliphatic heterocycles. The molecule has 0 saturated heterocycles. The predicted octanol–water partition coefficient (Wildman–Crippen LogP) is 3.95. The van der Waals surface area contributed by atoms with E-state index in [2.05, 4.69) is 21.6 Å². The molecule has 5 heteroatoms. The molecule has 1 N–H and O–H groups in total. The van der Waals surface area contributed by atoms with Crippen LogP contribution in [0.25, 0.3) is 0 Å². The second-order valence-corrected chi connectivity index (χ2v) is 6.17. The molecule has 1 heterocycles. The standard InChI is InChI=1S/C13H22ClN3S/c1-2-5-12-16-13(18-17-12)15-9-11-7-4-3-6-10(11)8-14/h10-11H,2-9H2,1H3,(H,15,16,17). The summed E-state index contributed by atoms with van der Waals surface area (Å²) in [7, 11) is 0. The quantitative estimate of drug-likeness (QED) is 0.805. The summed E-state index contributed by atoms with van der Waals surface area (Å²) in [5.41, 5.74) is 0. The first kappa shape index (κ1) is 14.1. The SMILES string of the molecule is CCCc1nsc(NCC2CCCCC2CCl)n1. The van der Waals surface area contributed by atoms with E-state index in [1.165, 1.54) is 37.2 Å². The highest BCUT2D eigenvalue weighted by molar-refractivity contribution is 7.09. The van der Waals surface area contributed by atoms with Gasteiger partial charge >= 0.3 is 0 Å². The largest absolute Gasteiger partial charge is 0.360 e. The number of hydrogen-bond donors (Lipinski definition) is 1. The highest BCUT2D eigenvalue weighted by atomic mass is 35.5. The van der Waals surface area contributed by atoms with Gasteiger partial charge in [0, 0.05) is 30.4 Å². The molecular formula is C13H22ClN3S. The van der Waals surface area contributed by atoms with Crippen molar-refractivity contribution in [3.8, 4) is 0 Å². The van der Waals surface area contributed by atoms with Crippen molar-refractivity contribution in [2.24, 2.45) is 11.8 Å². The van der Waals surface area contributed by atoms with Crippen LogP contribution in [0.3, 0.4) is 0 Å². The molecule has 0 aromatic carbocycles. The van der Waals surface area contributed by atoms with E-state index in [0.29, 0.717) is 11.8 Å². The predicted molar refractivity (Wildman–Crippen MR) is 78.6 cm³/mol. The molecule has 0 bridgehead atoms. The molecule has 3 nitrogen and oxygen atoms in total. The van der Waals surface area contributed by atoms with Crippen molar-refractivity contribution in [1.29, 1.82) is 0 Å². The lowest BCUT2D eigenvalue weighted by Gasteiger charge is -2.30. The van der Waals surface area contributed by atoms with E-state index >= 15 is 0 Å². The average molecular weight is 288 g/mol. The van der Waals surface area contributed by atoms with E-state index in [-0.39, 0.29) is 0 Å². The van der Waals surface area contributed by atoms with E-state index in [0.717, 1.165) is 36.2 Å². The summed E-state index contributed by atoms with van der Waals surface area (Å²) >= 11 is 7.53. The molecular weight excluding hydrogens is 266 g/mol. The van der Waals surface area contributed by atoms with E-state index < -0.39 is 0 Å². The van der Waals surface area contributed by atoms with Gasteiger partial charge in [-0.05, 0) is 31.1 Å². The zero-order valence-corrected chi connectivity index (χ0v) is 12.6. The van der Waals surface area contributed by atoms with Crippen LogP contribution < -0.4 is 5.32 Å². The summed E-state index contributed by atoms with van der Waals surface area (Å²) < 4.78 is 4.35. The Hall–Kier alpha value is -0.350. The summed E-state index contributed by atoms with van der Waals surface area (Å²) in [5.74, 6) is 3.15. The topological polar surface area (TPSA) is 37.8 Å². The van der Waals surface area contributed by atoms with Gasteiger partial charge in [-0.1, -0.05) is 19.8 Å². The van der Waals surface area contributed by atoms with Crippen LogP contribution in [0.15, 0.2) is 0 Å². The second kappa shape index (κ2) is 7.29. The summed E-state index contributed by atoms with van der Waals surface area (Å²) in [6.07, 6.45) is 7.35. The maximum absolute atomic E-state index is 6.05. The van der Waals surface area contributed by atoms with Gasteiger partial charge in [0.1, 0.15) is 5.82 Å². The summed E-state index contributed by atoms with van der Waals surface area (Å²) in [5, 5.41) is 4.41. The van der Waals surface area contributed by atoms with Gasteiger partial charge < -0.3 is 5.32 Å². The molecule has 2 atom stereocenters. The van der Waals surface area contributed by atoms with Crippen LogP contribution in [0.5, 0.6) is 0 Å². The number of nitrogens with one attached hydrogen (secondary N) is 1. The van der Waals surface area contributed by atoms with E-state index in [9.17, 15) is 0 Å². The second-order valence-electron chi connectivity index (χ2n) is 5.11. The molecule has 0 radical (unpaired) electrons. The van der Waals surface area contributed by atoms with Crippen LogP contribution in [0.1, 0.15) is 44.9 Å². The number of halogens is 1. The van der Waals surface area contributed by atoms with Gasteiger partial charge in [-0.25, -0.2) is 4.98 Å². The zero-order valence-electron chi connectivity index (χ0n) is 11.0. The minimum absolute atomic E-state index is 0.677. The number of aryl methyl sites for hydroxylation is 1. The Morgan fingerprint density at radius 2 is 2.11 bits per heavy atom. The Morgan fingerprint density at radius 3 is 2.83 bits per heavy atom. The maximum atomic E-state index is 6.05. The lowest BCUT2D eigenvalue weighted by atomic mass is 9.80. The van der Waals surface area contributed by atoms with E-state index in [1.807, 2.05) is 0 Å². The van der Waals surface area contributed by atoms with Gasteiger partial charge in [-0.2, -0.15) is 4.37 Å². The molecule has 102 valence electrons.